The van der Waals surface area contributed by atoms with Crippen LogP contribution in [0.3, 0.4) is 0 Å². The third kappa shape index (κ3) is 5.23. The molecule has 0 saturated heterocycles. The smallest absolute Gasteiger partial charge is 0.338 e. The van der Waals surface area contributed by atoms with E-state index in [0.717, 1.165) is 27.7 Å². The molecule has 228 valence electrons. The number of carbonyl (C=O) groups excluding carboxylic acids is 1. The molecule has 45 heavy (non-hydrogen) atoms. The topological polar surface area (TPSA) is 118 Å². The molecule has 0 saturated carbocycles. The number of hydrogen-bond donors (Lipinski definition) is 0. The van der Waals surface area contributed by atoms with Crippen molar-refractivity contribution in [2.45, 2.75) is 26.4 Å². The summed E-state index contributed by atoms with van der Waals surface area (Å²) in [6, 6.07) is 18.5. The van der Waals surface area contributed by atoms with Gasteiger partial charge in [-0.25, -0.2) is 9.79 Å². The van der Waals surface area contributed by atoms with Crippen molar-refractivity contribution in [2.24, 2.45) is 4.99 Å². The zero-order valence-corrected chi connectivity index (χ0v) is 26.3. The number of halogens is 1. The maximum Gasteiger partial charge on any atom is 0.338 e. The van der Waals surface area contributed by atoms with E-state index in [9.17, 15) is 19.7 Å². The average molecular weight is 643 g/mol. The van der Waals surface area contributed by atoms with Crippen molar-refractivity contribution in [3.8, 4) is 5.75 Å². The number of ether oxygens (including phenoxy) is 2. The SMILES string of the molecule is COC(=O)C1=C(C)N=c2s/c(=C\c3c(C)n(Cc4ccc([N+](=O)[O-])cc4)c4ccccc34)c(=O)n2[C@H]1c1cc(Cl)ccc1OC. The van der Waals surface area contributed by atoms with Crippen LogP contribution >= 0.6 is 22.9 Å². The van der Waals surface area contributed by atoms with Gasteiger partial charge in [-0.05, 0) is 49.8 Å². The first kappa shape index (κ1) is 30.0. The summed E-state index contributed by atoms with van der Waals surface area (Å²) >= 11 is 7.62. The standard InChI is InChI=1S/C33H27ClN4O6S/c1-18-29(32(40)44-4)30(25-15-21(34)11-14-27(25)43-3)37-31(39)28(45-33(37)35-18)16-24-19(2)36(26-8-6-5-7-23(24)26)17-20-9-12-22(13-10-20)38(41)42/h5-16,30H,17H2,1-4H3/b28-16-/t30-/m0/s1. The van der Waals surface area contributed by atoms with Gasteiger partial charge in [0.1, 0.15) is 11.8 Å². The molecule has 3 heterocycles. The molecule has 3 aromatic carbocycles. The van der Waals surface area contributed by atoms with Crippen LogP contribution < -0.4 is 19.6 Å². The monoisotopic (exact) mass is 642 g/mol. The summed E-state index contributed by atoms with van der Waals surface area (Å²) in [6.07, 6.45) is 1.86. The first-order valence-electron chi connectivity index (χ1n) is 13.9. The predicted molar refractivity (Wildman–Crippen MR) is 173 cm³/mol. The second-order valence-electron chi connectivity index (χ2n) is 10.5. The van der Waals surface area contributed by atoms with Crippen molar-refractivity contribution in [2.75, 3.05) is 14.2 Å². The number of nitro benzene ring substituents is 1. The lowest BCUT2D eigenvalue weighted by atomic mass is 9.95. The van der Waals surface area contributed by atoms with E-state index in [2.05, 4.69) is 9.56 Å². The third-order valence-corrected chi connectivity index (χ3v) is 9.17. The van der Waals surface area contributed by atoms with Gasteiger partial charge in [0.25, 0.3) is 11.2 Å². The maximum absolute atomic E-state index is 14.3. The second-order valence-corrected chi connectivity index (χ2v) is 11.9. The number of benzene rings is 3. The van der Waals surface area contributed by atoms with Gasteiger partial charge in [0.2, 0.25) is 0 Å². The van der Waals surface area contributed by atoms with E-state index in [1.165, 1.54) is 42.3 Å². The van der Waals surface area contributed by atoms with Gasteiger partial charge in [0.05, 0.1) is 34.9 Å². The molecule has 0 unspecified atom stereocenters. The van der Waals surface area contributed by atoms with Gasteiger partial charge in [-0.15, -0.1) is 0 Å². The molecule has 0 amide bonds. The zero-order chi connectivity index (χ0) is 32.0. The molecule has 10 nitrogen and oxygen atoms in total. The summed E-state index contributed by atoms with van der Waals surface area (Å²) in [5.74, 6) is -0.150. The van der Waals surface area contributed by atoms with Gasteiger partial charge < -0.3 is 14.0 Å². The van der Waals surface area contributed by atoms with Crippen LogP contribution in [0.4, 0.5) is 5.69 Å². The van der Waals surface area contributed by atoms with E-state index in [4.69, 9.17) is 21.1 Å². The fourth-order valence-electron chi connectivity index (χ4n) is 5.79. The second kappa shape index (κ2) is 11.8. The van der Waals surface area contributed by atoms with Crippen LogP contribution in [0.15, 0.2) is 87.8 Å². The quantitative estimate of drug-likeness (QED) is 0.135. The molecule has 0 bridgehead atoms. The molecule has 5 aromatic rings. The number of rotatable bonds is 7. The van der Waals surface area contributed by atoms with Crippen LogP contribution in [0.5, 0.6) is 5.75 Å². The van der Waals surface area contributed by atoms with Gasteiger partial charge in [-0.2, -0.15) is 0 Å². The minimum absolute atomic E-state index is 0.0307. The number of nitrogens with zero attached hydrogens (tertiary/aromatic N) is 4. The van der Waals surface area contributed by atoms with E-state index in [0.29, 0.717) is 37.9 Å². The molecule has 1 aliphatic heterocycles. The lowest BCUT2D eigenvalue weighted by Crippen LogP contribution is -2.40. The number of hydrogen-bond acceptors (Lipinski definition) is 8. The van der Waals surface area contributed by atoms with Crippen molar-refractivity contribution in [3.63, 3.8) is 0 Å². The minimum atomic E-state index is -0.880. The van der Waals surface area contributed by atoms with Crippen molar-refractivity contribution in [1.29, 1.82) is 0 Å². The summed E-state index contributed by atoms with van der Waals surface area (Å²) < 4.78 is 14.8. The highest BCUT2D eigenvalue weighted by molar-refractivity contribution is 7.07. The van der Waals surface area contributed by atoms with Crippen molar-refractivity contribution < 1.29 is 19.2 Å². The van der Waals surface area contributed by atoms with E-state index >= 15 is 0 Å². The van der Waals surface area contributed by atoms with E-state index in [-0.39, 0.29) is 16.8 Å². The number of non-ortho nitro benzene ring substituents is 1. The molecule has 1 atom stereocenters. The Morgan fingerprint density at radius 3 is 2.53 bits per heavy atom. The number of allylic oxidation sites excluding steroid dienone is 1. The minimum Gasteiger partial charge on any atom is -0.496 e. The molecule has 2 aromatic heterocycles. The summed E-state index contributed by atoms with van der Waals surface area (Å²) in [5, 5.41) is 12.5. The lowest BCUT2D eigenvalue weighted by molar-refractivity contribution is -0.384. The summed E-state index contributed by atoms with van der Waals surface area (Å²) in [6.45, 7) is 4.17. The number of carbonyl (C=O) groups is 1. The number of para-hydroxylation sites is 1. The number of aromatic nitrogens is 2. The largest absolute Gasteiger partial charge is 0.496 e. The molecular weight excluding hydrogens is 616 g/mol. The molecule has 6 rings (SSSR count). The number of thiazole rings is 1. The molecular formula is C33H27ClN4O6S. The normalized spacial score (nSPS) is 14.8. The predicted octanol–water partition coefficient (Wildman–Crippen LogP) is 5.29. The fraction of sp³-hybridized carbons (Fsp3) is 0.182. The van der Waals surface area contributed by atoms with Crippen LogP contribution in [0.1, 0.15) is 35.3 Å². The molecule has 0 spiro atoms. The van der Waals surface area contributed by atoms with Crippen LogP contribution in [0.25, 0.3) is 17.0 Å². The zero-order valence-electron chi connectivity index (χ0n) is 24.7. The maximum atomic E-state index is 14.3. The molecule has 0 radical (unpaired) electrons. The number of nitro groups is 1. The Bertz CT molecular complexity index is 2230. The van der Waals surface area contributed by atoms with Crippen molar-refractivity contribution in [3.05, 3.63) is 135 Å². The number of fused-ring (bicyclic) bond motifs is 2. The average Bonchev–Trinajstić information content (AvgIpc) is 3.48. The van der Waals surface area contributed by atoms with Gasteiger partial charge in [0, 0.05) is 51.4 Å². The molecule has 12 heteroatoms. The highest BCUT2D eigenvalue weighted by Crippen LogP contribution is 2.37. The van der Waals surface area contributed by atoms with Gasteiger partial charge in [0.15, 0.2) is 4.80 Å². The van der Waals surface area contributed by atoms with Crippen LogP contribution in [0, 0.1) is 17.0 Å². The number of methoxy groups -OCH3 is 2. The molecule has 0 aliphatic carbocycles. The number of esters is 1. The highest BCUT2D eigenvalue weighted by Gasteiger charge is 2.35. The van der Waals surface area contributed by atoms with Gasteiger partial charge >= 0.3 is 5.97 Å². The lowest BCUT2D eigenvalue weighted by Gasteiger charge is -2.25. The summed E-state index contributed by atoms with van der Waals surface area (Å²) in [4.78, 5) is 43.1. The van der Waals surface area contributed by atoms with E-state index < -0.39 is 16.9 Å². The Labute approximate surface area is 265 Å². The third-order valence-electron chi connectivity index (χ3n) is 7.96. The summed E-state index contributed by atoms with van der Waals surface area (Å²) in [7, 11) is 2.80. The van der Waals surface area contributed by atoms with Crippen LogP contribution in [-0.2, 0) is 16.1 Å². The Kier molecular flexibility index (Phi) is 7.90. The Morgan fingerprint density at radius 1 is 1.11 bits per heavy atom. The first-order valence-corrected chi connectivity index (χ1v) is 15.1. The van der Waals surface area contributed by atoms with Crippen molar-refractivity contribution >= 4 is 51.6 Å². The molecule has 1 aliphatic rings. The van der Waals surface area contributed by atoms with Crippen LogP contribution in [-0.4, -0.2) is 34.2 Å². The Hall–Kier alpha value is -5.00. The highest BCUT2D eigenvalue weighted by atomic mass is 35.5. The van der Waals surface area contributed by atoms with Gasteiger partial charge in [-0.1, -0.05) is 53.3 Å². The first-order chi connectivity index (χ1) is 21.6. The molecule has 0 fully saturated rings. The van der Waals surface area contributed by atoms with Crippen molar-refractivity contribution in [1.82, 2.24) is 9.13 Å². The van der Waals surface area contributed by atoms with E-state index in [1.54, 1.807) is 37.3 Å². The van der Waals surface area contributed by atoms with Crippen LogP contribution in [0.2, 0.25) is 5.02 Å². The molecule has 0 N–H and O–H groups in total. The fourth-order valence-corrected chi connectivity index (χ4v) is 7.00. The Morgan fingerprint density at radius 2 is 1.84 bits per heavy atom. The van der Waals surface area contributed by atoms with Gasteiger partial charge in [-0.3, -0.25) is 19.5 Å². The Balaban J connectivity index is 1.54. The summed E-state index contributed by atoms with van der Waals surface area (Å²) in [5.41, 5.74) is 4.51. The van der Waals surface area contributed by atoms with E-state index in [1.807, 2.05) is 37.3 Å².